The lowest BCUT2D eigenvalue weighted by Gasteiger charge is -2.42. The van der Waals surface area contributed by atoms with E-state index < -0.39 is 0 Å². The minimum absolute atomic E-state index is 0.342. The van der Waals surface area contributed by atoms with Crippen LogP contribution < -0.4 is 0 Å². The van der Waals surface area contributed by atoms with Gasteiger partial charge in [0.1, 0.15) is 0 Å². The van der Waals surface area contributed by atoms with Gasteiger partial charge in [-0.2, -0.15) is 0 Å². The number of hydrogen-bond donors (Lipinski definition) is 0. The van der Waals surface area contributed by atoms with Crippen molar-refractivity contribution >= 4 is 0 Å². The van der Waals surface area contributed by atoms with Gasteiger partial charge in [0.05, 0.1) is 0 Å². The summed E-state index contributed by atoms with van der Waals surface area (Å²) in [6, 6.07) is 8.93. The molecule has 0 saturated heterocycles. The third-order valence-corrected chi connectivity index (χ3v) is 4.25. The molecule has 0 spiro atoms. The summed E-state index contributed by atoms with van der Waals surface area (Å²) in [5.41, 5.74) is 3.46. The molecule has 0 bridgehead atoms. The predicted molar refractivity (Wildman–Crippen MR) is 61.5 cm³/mol. The molecule has 0 heterocycles. The smallest absolute Gasteiger partial charge is 0.00726 e. The second-order valence-electron chi connectivity index (χ2n) is 5.35. The number of rotatable bonds is 0. The van der Waals surface area contributed by atoms with Crippen molar-refractivity contribution < 1.29 is 0 Å². The lowest BCUT2D eigenvalue weighted by Crippen LogP contribution is -2.37. The molecular weight excluding hydrogens is 168 g/mol. The highest BCUT2D eigenvalue weighted by molar-refractivity contribution is 5.36. The molecule has 0 aromatic heterocycles. The molecule has 0 N–H and O–H groups in total. The highest BCUT2D eigenvalue weighted by atomic mass is 14.4. The Hall–Kier alpha value is -0.780. The zero-order chi connectivity index (χ0) is 10.3. The zero-order valence-corrected chi connectivity index (χ0v) is 9.67. The first-order valence-electron chi connectivity index (χ1n) is 5.62. The Balaban J connectivity index is 2.54. The second kappa shape index (κ2) is 3.12. The highest BCUT2D eigenvalue weighted by Gasteiger charge is 2.37. The van der Waals surface area contributed by atoms with Crippen molar-refractivity contribution in [3.8, 4) is 0 Å². The van der Waals surface area contributed by atoms with E-state index >= 15 is 0 Å². The number of fused-ring (bicyclic) bond motifs is 1. The van der Waals surface area contributed by atoms with E-state index in [0.29, 0.717) is 5.41 Å². The van der Waals surface area contributed by atoms with Crippen LogP contribution in [0.3, 0.4) is 0 Å². The van der Waals surface area contributed by atoms with Crippen LogP contribution >= 0.6 is 0 Å². The lowest BCUT2D eigenvalue weighted by molar-refractivity contribution is 0.225. The predicted octanol–water partition coefficient (Wildman–Crippen LogP) is 3.79. The van der Waals surface area contributed by atoms with Crippen molar-refractivity contribution in [2.45, 2.75) is 39.5 Å². The average Bonchev–Trinajstić information content (AvgIpc) is 2.15. The summed E-state index contributed by atoms with van der Waals surface area (Å²) in [5, 5.41) is 0. The molecule has 0 amide bonds. The van der Waals surface area contributed by atoms with Gasteiger partial charge in [0.15, 0.2) is 0 Å². The molecule has 2 rings (SSSR count). The molecule has 0 unspecified atom stereocenters. The van der Waals surface area contributed by atoms with Crippen LogP contribution in [0.5, 0.6) is 0 Å². The maximum absolute atomic E-state index is 2.39. The van der Waals surface area contributed by atoms with E-state index in [1.807, 2.05) is 0 Å². The summed E-state index contributed by atoms with van der Waals surface area (Å²) in [5.74, 6) is 1.58. The summed E-state index contributed by atoms with van der Waals surface area (Å²) >= 11 is 0. The summed E-state index contributed by atoms with van der Waals surface area (Å²) in [6.07, 6.45) is 1.25. The molecule has 2 atom stereocenters. The Bertz CT molecular complexity index is 336. The molecule has 0 radical (unpaired) electrons. The van der Waals surface area contributed by atoms with Crippen LogP contribution in [0.1, 0.15) is 38.8 Å². The van der Waals surface area contributed by atoms with Crippen LogP contribution in [0.2, 0.25) is 0 Å². The summed E-state index contributed by atoms with van der Waals surface area (Å²) in [7, 11) is 0. The Kier molecular flexibility index (Phi) is 2.17. The molecule has 0 nitrogen and oxygen atoms in total. The first-order chi connectivity index (χ1) is 6.53. The Morgan fingerprint density at radius 1 is 1.14 bits per heavy atom. The molecule has 1 aliphatic rings. The molecule has 0 fully saturated rings. The van der Waals surface area contributed by atoms with Crippen molar-refractivity contribution in [1.82, 2.24) is 0 Å². The molecule has 14 heavy (non-hydrogen) atoms. The Labute approximate surface area is 87.3 Å². The summed E-state index contributed by atoms with van der Waals surface area (Å²) < 4.78 is 0. The van der Waals surface area contributed by atoms with Crippen molar-refractivity contribution in [2.75, 3.05) is 0 Å². The molecule has 0 saturated carbocycles. The van der Waals surface area contributed by atoms with Gasteiger partial charge in [0.25, 0.3) is 0 Å². The van der Waals surface area contributed by atoms with Crippen molar-refractivity contribution in [2.24, 2.45) is 11.8 Å². The first kappa shape index (κ1) is 9.76. The van der Waals surface area contributed by atoms with E-state index in [1.165, 1.54) is 6.42 Å². The molecular formula is C14H20. The van der Waals surface area contributed by atoms with Gasteiger partial charge in [0, 0.05) is 0 Å². The van der Waals surface area contributed by atoms with Gasteiger partial charge < -0.3 is 0 Å². The van der Waals surface area contributed by atoms with Gasteiger partial charge in [-0.3, -0.25) is 0 Å². The first-order valence-corrected chi connectivity index (χ1v) is 5.62. The minimum Gasteiger partial charge on any atom is -0.0620 e. The van der Waals surface area contributed by atoms with Gasteiger partial charge in [-0.15, -0.1) is 0 Å². The van der Waals surface area contributed by atoms with Crippen LogP contribution in [0.15, 0.2) is 24.3 Å². The van der Waals surface area contributed by atoms with Crippen molar-refractivity contribution in [1.29, 1.82) is 0 Å². The van der Waals surface area contributed by atoms with E-state index in [2.05, 4.69) is 52.0 Å². The summed E-state index contributed by atoms with van der Waals surface area (Å²) in [6.45, 7) is 9.53. The van der Waals surface area contributed by atoms with Gasteiger partial charge in [0.2, 0.25) is 0 Å². The zero-order valence-electron chi connectivity index (χ0n) is 9.67. The normalized spacial score (nSPS) is 29.7. The standard InChI is InChI=1S/C14H20/c1-10-9-12-7-5-6-8-13(12)14(3,4)11(10)2/h5-8,10-11H,9H2,1-4H3/t10-,11+/m1/s1. The monoisotopic (exact) mass is 188 g/mol. The molecule has 0 heteroatoms. The minimum atomic E-state index is 0.342. The van der Waals surface area contributed by atoms with Gasteiger partial charge in [-0.25, -0.2) is 0 Å². The van der Waals surface area contributed by atoms with Crippen molar-refractivity contribution in [3.05, 3.63) is 35.4 Å². The van der Waals surface area contributed by atoms with Crippen molar-refractivity contribution in [3.63, 3.8) is 0 Å². The van der Waals surface area contributed by atoms with Gasteiger partial charge in [-0.1, -0.05) is 52.0 Å². The fourth-order valence-electron chi connectivity index (χ4n) is 2.81. The third-order valence-electron chi connectivity index (χ3n) is 4.25. The fourth-order valence-corrected chi connectivity index (χ4v) is 2.81. The van der Waals surface area contributed by atoms with E-state index in [0.717, 1.165) is 11.8 Å². The van der Waals surface area contributed by atoms with E-state index in [-0.39, 0.29) is 0 Å². The van der Waals surface area contributed by atoms with Crippen LogP contribution in [-0.4, -0.2) is 0 Å². The Morgan fingerprint density at radius 3 is 2.50 bits per heavy atom. The largest absolute Gasteiger partial charge is 0.0620 e. The molecule has 1 aromatic rings. The lowest BCUT2D eigenvalue weighted by atomic mass is 9.62. The fraction of sp³-hybridized carbons (Fsp3) is 0.571. The Morgan fingerprint density at radius 2 is 1.79 bits per heavy atom. The van der Waals surface area contributed by atoms with E-state index in [4.69, 9.17) is 0 Å². The average molecular weight is 188 g/mol. The van der Waals surface area contributed by atoms with E-state index in [1.54, 1.807) is 11.1 Å². The molecule has 0 aliphatic heterocycles. The third kappa shape index (κ3) is 1.28. The molecule has 76 valence electrons. The topological polar surface area (TPSA) is 0 Å². The van der Waals surface area contributed by atoms with Crippen LogP contribution in [0.4, 0.5) is 0 Å². The van der Waals surface area contributed by atoms with E-state index in [9.17, 15) is 0 Å². The molecule has 1 aromatic carbocycles. The van der Waals surface area contributed by atoms with Crippen LogP contribution in [-0.2, 0) is 11.8 Å². The second-order valence-corrected chi connectivity index (χ2v) is 5.35. The molecule has 1 aliphatic carbocycles. The summed E-state index contributed by atoms with van der Waals surface area (Å²) in [4.78, 5) is 0. The van der Waals surface area contributed by atoms with Gasteiger partial charge in [-0.05, 0) is 34.8 Å². The maximum Gasteiger partial charge on any atom is -0.00726 e. The van der Waals surface area contributed by atoms with Crippen LogP contribution in [0.25, 0.3) is 0 Å². The quantitative estimate of drug-likeness (QED) is 0.581. The number of hydrogen-bond acceptors (Lipinski definition) is 0. The SMILES string of the molecule is C[C@@H]1Cc2ccccc2C(C)(C)[C@H]1C. The van der Waals surface area contributed by atoms with Gasteiger partial charge >= 0.3 is 0 Å². The maximum atomic E-state index is 2.39. The highest BCUT2D eigenvalue weighted by Crippen LogP contribution is 2.43. The number of benzene rings is 1. The van der Waals surface area contributed by atoms with Crippen LogP contribution in [0, 0.1) is 11.8 Å².